The van der Waals surface area contributed by atoms with Crippen LogP contribution < -0.4 is 20.7 Å². The van der Waals surface area contributed by atoms with Crippen LogP contribution in [0.15, 0.2) is 18.2 Å². The molecule has 0 radical (unpaired) electrons. The van der Waals surface area contributed by atoms with E-state index in [2.05, 4.69) is 8.37 Å². The van der Waals surface area contributed by atoms with E-state index in [1.165, 1.54) is 6.92 Å². The Bertz CT molecular complexity index is 669. The molecule has 1 atom stereocenters. The third-order valence-electron chi connectivity index (χ3n) is 1.83. The molecule has 0 spiro atoms. The third kappa shape index (κ3) is 7.76. The molecule has 11 nitrogen and oxygen atoms in total. The molecule has 0 bridgehead atoms. The fourth-order valence-electron chi connectivity index (χ4n) is 1.22. The zero-order valence-electron chi connectivity index (χ0n) is 10.8. The molecule has 0 aliphatic heterocycles. The molecule has 0 heterocycles. The van der Waals surface area contributed by atoms with Gasteiger partial charge in [0.2, 0.25) is 0 Å². The molecule has 0 aliphatic carbocycles. The predicted octanol–water partition coefficient (Wildman–Crippen LogP) is 0.427. The second-order valence-electron chi connectivity index (χ2n) is 3.40. The van der Waals surface area contributed by atoms with Crippen molar-refractivity contribution in [2.24, 2.45) is 0 Å². The van der Waals surface area contributed by atoms with Gasteiger partial charge >= 0.3 is 20.8 Å². The highest BCUT2D eigenvalue weighted by molar-refractivity contribution is 7.81. The Morgan fingerprint density at radius 3 is 1.86 bits per heavy atom. The van der Waals surface area contributed by atoms with Crippen molar-refractivity contribution in [1.29, 1.82) is 0 Å². The Hall–Kier alpha value is -1.48. The van der Waals surface area contributed by atoms with Gasteiger partial charge in [-0.05, 0) is 25.1 Å². The lowest BCUT2D eigenvalue weighted by atomic mass is 10.1. The summed E-state index contributed by atoms with van der Waals surface area (Å²) in [5, 5.41) is 9.40. The Kier molecular flexibility index (Phi) is 7.80. The van der Waals surface area contributed by atoms with Crippen LogP contribution in [0.25, 0.3) is 0 Å². The van der Waals surface area contributed by atoms with Crippen molar-refractivity contribution in [2.75, 3.05) is 0 Å². The lowest BCUT2D eigenvalue weighted by Crippen LogP contribution is -2.10. The van der Waals surface area contributed by atoms with E-state index in [4.69, 9.17) is 9.11 Å². The smallest absolute Gasteiger partial charge is 0.389 e. The molecular weight excluding hydrogens is 332 g/mol. The van der Waals surface area contributed by atoms with Crippen molar-refractivity contribution < 1.29 is 39.4 Å². The van der Waals surface area contributed by atoms with Gasteiger partial charge in [0.15, 0.2) is 5.75 Å². The van der Waals surface area contributed by atoms with Crippen LogP contribution in [0.4, 0.5) is 0 Å². The zero-order chi connectivity index (χ0) is 14.8. The monoisotopic (exact) mass is 348 g/mol. The van der Waals surface area contributed by atoms with E-state index in [1.54, 1.807) is 0 Å². The van der Waals surface area contributed by atoms with Crippen LogP contribution in [0.1, 0.15) is 18.6 Å². The quantitative estimate of drug-likeness (QED) is 0.459. The molecule has 1 rings (SSSR count). The van der Waals surface area contributed by atoms with Crippen molar-refractivity contribution in [3.8, 4) is 11.5 Å². The van der Waals surface area contributed by atoms with Crippen molar-refractivity contribution in [1.82, 2.24) is 12.3 Å². The molecule has 13 heteroatoms. The summed E-state index contributed by atoms with van der Waals surface area (Å²) in [5.74, 6) is -0.790. The lowest BCUT2D eigenvalue weighted by Gasteiger charge is -2.12. The Morgan fingerprint density at radius 1 is 1.00 bits per heavy atom. The van der Waals surface area contributed by atoms with Gasteiger partial charge in [-0.2, -0.15) is 16.8 Å². The minimum atomic E-state index is -4.80. The SMILES string of the molecule is CC(O)c1cc(OS(=O)(=O)O)ccc1OS(=O)(=O)O.N.N. The van der Waals surface area contributed by atoms with E-state index in [0.717, 1.165) is 18.2 Å². The molecule has 1 aromatic carbocycles. The van der Waals surface area contributed by atoms with Crippen molar-refractivity contribution in [3.63, 3.8) is 0 Å². The first-order chi connectivity index (χ1) is 8.48. The Balaban J connectivity index is 0. The van der Waals surface area contributed by atoms with Crippen molar-refractivity contribution in [3.05, 3.63) is 23.8 Å². The van der Waals surface area contributed by atoms with Crippen LogP contribution in [-0.4, -0.2) is 31.0 Å². The summed E-state index contributed by atoms with van der Waals surface area (Å²) in [7, 11) is -9.56. The molecule has 1 unspecified atom stereocenters. The van der Waals surface area contributed by atoms with E-state index in [1.807, 2.05) is 0 Å². The molecule has 0 aromatic heterocycles. The largest absolute Gasteiger partial charge is 0.446 e. The van der Waals surface area contributed by atoms with Crippen LogP contribution >= 0.6 is 0 Å². The van der Waals surface area contributed by atoms with Crippen LogP contribution in [-0.2, 0) is 20.8 Å². The second-order valence-corrected chi connectivity index (χ2v) is 5.44. The van der Waals surface area contributed by atoms with E-state index in [0.29, 0.717) is 0 Å². The molecule has 9 N–H and O–H groups in total. The topological polar surface area (TPSA) is 217 Å². The van der Waals surface area contributed by atoms with Crippen LogP contribution in [0.5, 0.6) is 11.5 Å². The maximum atomic E-state index is 10.6. The standard InChI is InChI=1S/C8H10O9S2.2H3N/c1-5(9)7-4-6(16-18(10,11)12)2-3-8(7)17-19(13,14)15;;/h2-5,9H,1H3,(H,10,11,12)(H,13,14,15);2*1H3. The summed E-state index contributed by atoms with van der Waals surface area (Å²) < 4.78 is 67.5. The molecule has 0 amide bonds. The fraction of sp³-hybridized carbons (Fsp3) is 0.250. The lowest BCUT2D eigenvalue weighted by molar-refractivity contribution is 0.196. The molecule has 21 heavy (non-hydrogen) atoms. The first-order valence-corrected chi connectivity index (χ1v) is 7.37. The van der Waals surface area contributed by atoms with Gasteiger partial charge in [0, 0.05) is 5.56 Å². The van der Waals surface area contributed by atoms with Gasteiger partial charge < -0.3 is 25.8 Å². The average molecular weight is 348 g/mol. The van der Waals surface area contributed by atoms with Crippen molar-refractivity contribution in [2.45, 2.75) is 13.0 Å². The van der Waals surface area contributed by atoms with Gasteiger partial charge in [0.25, 0.3) is 0 Å². The summed E-state index contributed by atoms with van der Waals surface area (Å²) >= 11 is 0. The molecule has 0 saturated carbocycles. The normalized spacial score (nSPS) is 12.6. The van der Waals surface area contributed by atoms with Crippen molar-refractivity contribution >= 4 is 20.8 Å². The Labute approximate surface area is 121 Å². The Morgan fingerprint density at radius 2 is 1.48 bits per heavy atom. The molecular formula is C8H16N2O9S2. The van der Waals surface area contributed by atoms with Gasteiger partial charge in [0.05, 0.1) is 6.10 Å². The van der Waals surface area contributed by atoms with E-state index in [9.17, 15) is 21.9 Å². The molecule has 0 fully saturated rings. The number of benzene rings is 1. The highest BCUT2D eigenvalue weighted by Gasteiger charge is 2.17. The van der Waals surface area contributed by atoms with E-state index < -0.39 is 32.7 Å². The highest BCUT2D eigenvalue weighted by Crippen LogP contribution is 2.30. The second kappa shape index (κ2) is 7.51. The summed E-state index contributed by atoms with van der Waals surface area (Å²) in [6.07, 6.45) is -1.25. The average Bonchev–Trinajstić information content (AvgIpc) is 2.15. The molecule has 0 aliphatic rings. The minimum absolute atomic E-state index is 0. The summed E-state index contributed by atoms with van der Waals surface area (Å²) in [4.78, 5) is 0. The highest BCUT2D eigenvalue weighted by atomic mass is 32.3. The number of hydrogen-bond acceptors (Lipinski definition) is 9. The predicted molar refractivity (Wildman–Crippen MR) is 71.5 cm³/mol. The molecule has 1 aromatic rings. The fourth-order valence-corrected chi connectivity index (χ4v) is 1.94. The van der Waals surface area contributed by atoms with Crippen LogP contribution in [0.2, 0.25) is 0 Å². The maximum absolute atomic E-state index is 10.6. The van der Waals surface area contributed by atoms with E-state index >= 15 is 0 Å². The number of hydrogen-bond donors (Lipinski definition) is 5. The van der Waals surface area contributed by atoms with Gasteiger partial charge in [-0.25, -0.2) is 0 Å². The van der Waals surface area contributed by atoms with Gasteiger partial charge in [-0.3, -0.25) is 9.11 Å². The van der Waals surface area contributed by atoms with Gasteiger partial charge in [0.1, 0.15) is 5.75 Å². The first-order valence-electron chi connectivity index (χ1n) is 4.64. The first kappa shape index (κ1) is 21.8. The van der Waals surface area contributed by atoms with Crippen LogP contribution in [0.3, 0.4) is 0 Å². The number of aliphatic hydroxyl groups excluding tert-OH is 1. The van der Waals surface area contributed by atoms with Crippen LogP contribution in [0, 0.1) is 0 Å². The number of rotatable bonds is 5. The molecule has 0 saturated heterocycles. The summed E-state index contributed by atoms with van der Waals surface area (Å²) in [6, 6.07) is 2.83. The molecule has 124 valence electrons. The zero-order valence-corrected chi connectivity index (χ0v) is 12.5. The summed E-state index contributed by atoms with van der Waals surface area (Å²) in [5.41, 5.74) is -0.168. The maximum Gasteiger partial charge on any atom is 0.446 e. The minimum Gasteiger partial charge on any atom is -0.389 e. The van der Waals surface area contributed by atoms with E-state index in [-0.39, 0.29) is 23.6 Å². The summed E-state index contributed by atoms with van der Waals surface area (Å²) in [6.45, 7) is 1.24. The third-order valence-corrected chi connectivity index (χ3v) is 2.62. The number of aliphatic hydroxyl groups is 1. The van der Waals surface area contributed by atoms with Gasteiger partial charge in [-0.1, -0.05) is 0 Å². The van der Waals surface area contributed by atoms with Gasteiger partial charge in [-0.15, -0.1) is 0 Å².